The second-order valence-electron chi connectivity index (χ2n) is 7.89. The standard InChI is InChI=1S/C20H20F3NO3S/c1-10-14(13-15(25)18(2,3)19(4,5)27-17(13)26)24-16(28-10)11-7-6-8-12(9-11)20(21,22)23/h6-9,13H,1-5H3. The zero-order chi connectivity index (χ0) is 21.1. The van der Waals surface area contributed by atoms with Crippen molar-refractivity contribution in [2.45, 2.75) is 52.3 Å². The van der Waals surface area contributed by atoms with E-state index in [-0.39, 0.29) is 17.0 Å². The topological polar surface area (TPSA) is 56.3 Å². The van der Waals surface area contributed by atoms with Gasteiger partial charge in [-0.15, -0.1) is 11.3 Å². The fourth-order valence-electron chi connectivity index (χ4n) is 3.07. The molecular weight excluding hydrogens is 391 g/mol. The molecule has 2 aromatic rings. The van der Waals surface area contributed by atoms with Crippen LogP contribution in [-0.4, -0.2) is 22.3 Å². The summed E-state index contributed by atoms with van der Waals surface area (Å²) in [6.07, 6.45) is -4.47. The SMILES string of the molecule is Cc1sc(-c2cccc(C(F)(F)F)c2)nc1C1C(=O)OC(C)(C)C(C)(C)C1=O. The summed E-state index contributed by atoms with van der Waals surface area (Å²) in [7, 11) is 0. The number of ketones is 1. The highest BCUT2D eigenvalue weighted by Gasteiger charge is 2.56. The van der Waals surface area contributed by atoms with Crippen LogP contribution in [0.1, 0.15) is 49.7 Å². The zero-order valence-corrected chi connectivity index (χ0v) is 16.9. The first-order valence-corrected chi connectivity index (χ1v) is 9.49. The quantitative estimate of drug-likeness (QED) is 0.507. The highest BCUT2D eigenvalue weighted by Crippen LogP contribution is 2.46. The molecule has 150 valence electrons. The molecule has 2 heterocycles. The lowest BCUT2D eigenvalue weighted by Gasteiger charge is -2.45. The number of hydrogen-bond acceptors (Lipinski definition) is 5. The number of alkyl halides is 3. The maximum absolute atomic E-state index is 13.1. The van der Waals surface area contributed by atoms with E-state index in [4.69, 9.17) is 4.74 Å². The fraction of sp³-hybridized carbons (Fsp3) is 0.450. The Labute approximate surface area is 164 Å². The van der Waals surface area contributed by atoms with Crippen LogP contribution in [0.15, 0.2) is 24.3 Å². The van der Waals surface area contributed by atoms with Crippen LogP contribution < -0.4 is 0 Å². The minimum absolute atomic E-state index is 0.246. The van der Waals surface area contributed by atoms with Crippen LogP contribution in [0.5, 0.6) is 0 Å². The Bertz CT molecular complexity index is 960. The van der Waals surface area contributed by atoms with Crippen molar-refractivity contribution in [3.05, 3.63) is 40.4 Å². The first kappa shape index (κ1) is 20.5. The summed E-state index contributed by atoms with van der Waals surface area (Å²) < 4.78 is 44.5. The predicted molar refractivity (Wildman–Crippen MR) is 99.0 cm³/mol. The van der Waals surface area contributed by atoms with Gasteiger partial charge in [0.2, 0.25) is 0 Å². The molecule has 8 heteroatoms. The summed E-state index contributed by atoms with van der Waals surface area (Å²) >= 11 is 1.15. The van der Waals surface area contributed by atoms with Gasteiger partial charge in [-0.1, -0.05) is 12.1 Å². The first-order chi connectivity index (χ1) is 12.8. The Morgan fingerprint density at radius 3 is 2.39 bits per heavy atom. The molecule has 1 aromatic carbocycles. The summed E-state index contributed by atoms with van der Waals surface area (Å²) in [4.78, 5) is 30.6. The number of ether oxygens (including phenoxy) is 1. The van der Waals surface area contributed by atoms with Gasteiger partial charge in [-0.3, -0.25) is 9.59 Å². The number of hydrogen-bond donors (Lipinski definition) is 0. The number of carbonyl (C=O) groups is 2. The van der Waals surface area contributed by atoms with E-state index < -0.39 is 34.6 Å². The van der Waals surface area contributed by atoms with Crippen molar-refractivity contribution in [2.75, 3.05) is 0 Å². The van der Waals surface area contributed by atoms with Crippen molar-refractivity contribution in [3.63, 3.8) is 0 Å². The predicted octanol–water partition coefficient (Wildman–Crippen LogP) is 5.15. The molecule has 1 fully saturated rings. The van der Waals surface area contributed by atoms with E-state index in [2.05, 4.69) is 4.98 Å². The Hall–Kier alpha value is -2.22. The van der Waals surface area contributed by atoms with E-state index >= 15 is 0 Å². The monoisotopic (exact) mass is 411 g/mol. The van der Waals surface area contributed by atoms with Crippen LogP contribution in [0.2, 0.25) is 0 Å². The van der Waals surface area contributed by atoms with E-state index in [1.54, 1.807) is 34.6 Å². The van der Waals surface area contributed by atoms with Gasteiger partial charge < -0.3 is 4.74 Å². The smallest absolute Gasteiger partial charge is 0.416 e. The highest BCUT2D eigenvalue weighted by atomic mass is 32.1. The fourth-order valence-corrected chi connectivity index (χ4v) is 4.01. The van der Waals surface area contributed by atoms with E-state index in [0.29, 0.717) is 9.88 Å². The molecule has 1 saturated heterocycles. The van der Waals surface area contributed by atoms with Crippen LogP contribution >= 0.6 is 11.3 Å². The number of nitrogens with zero attached hydrogens (tertiary/aromatic N) is 1. The summed E-state index contributed by atoms with van der Waals surface area (Å²) in [6.45, 7) is 8.48. The molecular formula is C20H20F3NO3S. The maximum Gasteiger partial charge on any atom is 0.416 e. The lowest BCUT2D eigenvalue weighted by molar-refractivity contribution is -0.187. The summed E-state index contributed by atoms with van der Waals surface area (Å²) in [5, 5.41) is 0.321. The molecule has 4 nitrogen and oxygen atoms in total. The number of halogens is 3. The van der Waals surface area contributed by atoms with Crippen LogP contribution in [0, 0.1) is 12.3 Å². The van der Waals surface area contributed by atoms with E-state index in [0.717, 1.165) is 23.5 Å². The van der Waals surface area contributed by atoms with Gasteiger partial charge >= 0.3 is 12.1 Å². The number of carbonyl (C=O) groups excluding carboxylic acids is 2. The molecule has 1 aromatic heterocycles. The van der Waals surface area contributed by atoms with Crippen LogP contribution in [-0.2, 0) is 20.5 Å². The van der Waals surface area contributed by atoms with Gasteiger partial charge in [0, 0.05) is 10.4 Å². The maximum atomic E-state index is 13.1. The van der Waals surface area contributed by atoms with Gasteiger partial charge in [0.1, 0.15) is 10.6 Å². The van der Waals surface area contributed by atoms with Gasteiger partial charge in [0.15, 0.2) is 11.7 Å². The molecule has 1 aliphatic heterocycles. The van der Waals surface area contributed by atoms with Crippen molar-refractivity contribution in [1.29, 1.82) is 0 Å². The molecule has 1 atom stereocenters. The Morgan fingerprint density at radius 2 is 1.79 bits per heavy atom. The number of cyclic esters (lactones) is 1. The second-order valence-corrected chi connectivity index (χ2v) is 9.10. The Morgan fingerprint density at radius 1 is 1.14 bits per heavy atom. The minimum Gasteiger partial charge on any atom is -0.458 e. The number of aryl methyl sites for hydroxylation is 1. The largest absolute Gasteiger partial charge is 0.458 e. The Balaban J connectivity index is 2.04. The molecule has 0 spiro atoms. The summed E-state index contributed by atoms with van der Waals surface area (Å²) in [5.41, 5.74) is -2.15. The average Bonchev–Trinajstić information content (AvgIpc) is 2.94. The lowest BCUT2D eigenvalue weighted by Crippen LogP contribution is -2.56. The lowest BCUT2D eigenvalue weighted by atomic mass is 9.67. The van der Waals surface area contributed by atoms with Crippen LogP contribution in [0.4, 0.5) is 13.2 Å². The van der Waals surface area contributed by atoms with Gasteiger partial charge in [0.25, 0.3) is 0 Å². The molecule has 28 heavy (non-hydrogen) atoms. The Kier molecular flexibility index (Phi) is 4.69. The number of thiazole rings is 1. The van der Waals surface area contributed by atoms with E-state index in [1.165, 1.54) is 12.1 Å². The summed E-state index contributed by atoms with van der Waals surface area (Å²) in [6, 6.07) is 4.82. The third kappa shape index (κ3) is 3.23. The zero-order valence-electron chi connectivity index (χ0n) is 16.1. The molecule has 1 aliphatic rings. The second kappa shape index (κ2) is 6.40. The molecule has 0 bridgehead atoms. The highest BCUT2D eigenvalue weighted by molar-refractivity contribution is 7.15. The number of esters is 1. The molecule has 0 radical (unpaired) electrons. The van der Waals surface area contributed by atoms with Crippen molar-refractivity contribution >= 4 is 23.1 Å². The third-order valence-electron chi connectivity index (χ3n) is 5.52. The van der Waals surface area contributed by atoms with Crippen LogP contribution in [0.25, 0.3) is 10.6 Å². The van der Waals surface area contributed by atoms with E-state index in [9.17, 15) is 22.8 Å². The van der Waals surface area contributed by atoms with Gasteiger partial charge in [-0.2, -0.15) is 13.2 Å². The van der Waals surface area contributed by atoms with Gasteiger partial charge in [-0.25, -0.2) is 4.98 Å². The molecule has 0 saturated carbocycles. The average molecular weight is 411 g/mol. The molecule has 0 amide bonds. The normalized spacial score (nSPS) is 21.5. The third-order valence-corrected chi connectivity index (χ3v) is 6.55. The number of benzene rings is 1. The van der Waals surface area contributed by atoms with Crippen LogP contribution in [0.3, 0.4) is 0 Å². The molecule has 3 rings (SSSR count). The van der Waals surface area contributed by atoms with E-state index in [1.807, 2.05) is 0 Å². The molecule has 0 N–H and O–H groups in total. The van der Waals surface area contributed by atoms with Crippen molar-refractivity contribution < 1.29 is 27.5 Å². The van der Waals surface area contributed by atoms with Crippen molar-refractivity contribution in [3.8, 4) is 10.6 Å². The molecule has 1 unspecified atom stereocenters. The molecule has 0 aliphatic carbocycles. The number of Topliss-reactive ketones (excluding diaryl/α,β-unsaturated/α-hetero) is 1. The van der Waals surface area contributed by atoms with Crippen molar-refractivity contribution in [2.24, 2.45) is 5.41 Å². The first-order valence-electron chi connectivity index (χ1n) is 8.68. The van der Waals surface area contributed by atoms with Gasteiger partial charge in [0.05, 0.1) is 16.7 Å². The van der Waals surface area contributed by atoms with Gasteiger partial charge in [-0.05, 0) is 46.8 Å². The minimum atomic E-state index is -4.47. The number of aromatic nitrogens is 1. The number of rotatable bonds is 2. The summed E-state index contributed by atoms with van der Waals surface area (Å²) in [5.74, 6) is -2.17. The van der Waals surface area contributed by atoms with Crippen molar-refractivity contribution in [1.82, 2.24) is 4.98 Å².